The Morgan fingerprint density at radius 3 is 2.76 bits per heavy atom. The molecule has 118 valence electrons. The lowest BCUT2D eigenvalue weighted by atomic mass is 10.1. The number of ether oxygens (including phenoxy) is 1. The molecule has 0 aromatic carbocycles. The van der Waals surface area contributed by atoms with Crippen molar-refractivity contribution < 1.29 is 4.74 Å². The molecule has 0 amide bonds. The van der Waals surface area contributed by atoms with Crippen molar-refractivity contribution in [1.82, 2.24) is 10.3 Å². The second kappa shape index (κ2) is 7.92. The molecule has 0 bridgehead atoms. The van der Waals surface area contributed by atoms with Crippen LogP contribution in [0.4, 0.5) is 5.13 Å². The molecule has 1 saturated heterocycles. The van der Waals surface area contributed by atoms with Crippen LogP contribution >= 0.6 is 11.3 Å². The van der Waals surface area contributed by atoms with Crippen LogP contribution in [-0.4, -0.2) is 43.9 Å². The number of hydrogen-bond acceptors (Lipinski definition) is 5. The van der Waals surface area contributed by atoms with E-state index in [-0.39, 0.29) is 0 Å². The van der Waals surface area contributed by atoms with Gasteiger partial charge in [0, 0.05) is 25.7 Å². The van der Waals surface area contributed by atoms with Gasteiger partial charge in [-0.1, -0.05) is 37.7 Å². The maximum absolute atomic E-state index is 5.41. The Kier molecular flexibility index (Phi) is 6.21. The number of thiazole rings is 1. The van der Waals surface area contributed by atoms with E-state index in [1.54, 1.807) is 11.3 Å². The van der Waals surface area contributed by atoms with Crippen molar-refractivity contribution in [2.24, 2.45) is 0 Å². The van der Waals surface area contributed by atoms with E-state index in [0.717, 1.165) is 50.1 Å². The van der Waals surface area contributed by atoms with Gasteiger partial charge in [0.25, 0.3) is 0 Å². The summed E-state index contributed by atoms with van der Waals surface area (Å²) >= 11 is 1.80. The van der Waals surface area contributed by atoms with Crippen LogP contribution in [0.15, 0.2) is 5.57 Å². The normalized spacial score (nSPS) is 16.8. The van der Waals surface area contributed by atoms with Gasteiger partial charge in [-0.3, -0.25) is 0 Å². The highest BCUT2D eigenvalue weighted by molar-refractivity contribution is 7.16. The molecule has 0 spiro atoms. The summed E-state index contributed by atoms with van der Waals surface area (Å²) in [6, 6.07) is 0.520. The van der Waals surface area contributed by atoms with Gasteiger partial charge >= 0.3 is 0 Å². The Morgan fingerprint density at radius 2 is 2.14 bits per heavy atom. The third-order valence-corrected chi connectivity index (χ3v) is 4.79. The largest absolute Gasteiger partial charge is 0.378 e. The fourth-order valence-electron chi connectivity index (χ4n) is 2.22. The van der Waals surface area contributed by atoms with E-state index in [1.165, 1.54) is 10.5 Å². The molecule has 2 rings (SSSR count). The van der Waals surface area contributed by atoms with Crippen LogP contribution in [0, 0.1) is 6.92 Å². The summed E-state index contributed by atoms with van der Waals surface area (Å²) in [5.74, 6) is 0. The Morgan fingerprint density at radius 1 is 1.43 bits per heavy atom. The number of nitrogens with zero attached hydrogens (tertiary/aromatic N) is 2. The summed E-state index contributed by atoms with van der Waals surface area (Å²) in [5.41, 5.74) is 2.57. The first-order valence-corrected chi connectivity index (χ1v) is 8.64. The minimum Gasteiger partial charge on any atom is -0.378 e. The Bertz CT molecular complexity index is 476. The van der Waals surface area contributed by atoms with Gasteiger partial charge in [0.05, 0.1) is 23.8 Å². The van der Waals surface area contributed by atoms with Crippen molar-refractivity contribution in [2.75, 3.05) is 37.7 Å². The zero-order valence-electron chi connectivity index (χ0n) is 13.6. The fraction of sp³-hybridized carbons (Fsp3) is 0.688. The molecule has 0 atom stereocenters. The maximum atomic E-state index is 5.41. The van der Waals surface area contributed by atoms with Gasteiger partial charge in [-0.05, 0) is 19.4 Å². The molecule has 0 unspecified atom stereocenters. The third-order valence-electron chi connectivity index (χ3n) is 3.63. The van der Waals surface area contributed by atoms with Crippen LogP contribution in [-0.2, 0) is 4.74 Å². The predicted molar refractivity (Wildman–Crippen MR) is 91.3 cm³/mol. The van der Waals surface area contributed by atoms with Crippen molar-refractivity contribution in [3.63, 3.8) is 0 Å². The highest BCUT2D eigenvalue weighted by atomic mass is 32.1. The monoisotopic (exact) mass is 309 g/mol. The van der Waals surface area contributed by atoms with Crippen molar-refractivity contribution >= 4 is 22.5 Å². The lowest BCUT2D eigenvalue weighted by Gasteiger charge is -2.26. The Balaban J connectivity index is 2.09. The zero-order chi connectivity index (χ0) is 15.2. The van der Waals surface area contributed by atoms with Crippen molar-refractivity contribution in [2.45, 2.75) is 40.2 Å². The molecule has 4 nitrogen and oxygen atoms in total. The smallest absolute Gasteiger partial charge is 0.186 e. The van der Waals surface area contributed by atoms with Gasteiger partial charge in [-0.2, -0.15) is 0 Å². The van der Waals surface area contributed by atoms with Gasteiger partial charge in [0.2, 0.25) is 0 Å². The first-order chi connectivity index (χ1) is 10.1. The summed E-state index contributed by atoms with van der Waals surface area (Å²) in [6.45, 7) is 13.2. The fourth-order valence-corrected chi connectivity index (χ4v) is 3.33. The van der Waals surface area contributed by atoms with E-state index in [9.17, 15) is 0 Å². The molecule has 0 aliphatic carbocycles. The molecule has 1 aromatic heterocycles. The average molecular weight is 309 g/mol. The number of hydrogen-bond donors (Lipinski definition) is 1. The molecule has 21 heavy (non-hydrogen) atoms. The number of anilines is 1. The number of aryl methyl sites for hydroxylation is 1. The molecular weight excluding hydrogens is 282 g/mol. The van der Waals surface area contributed by atoms with Gasteiger partial charge in [0.1, 0.15) is 0 Å². The first kappa shape index (κ1) is 16.5. The van der Waals surface area contributed by atoms with E-state index in [2.05, 4.69) is 44.0 Å². The topological polar surface area (TPSA) is 37.4 Å². The van der Waals surface area contributed by atoms with Gasteiger partial charge < -0.3 is 15.0 Å². The minimum absolute atomic E-state index is 0.520. The van der Waals surface area contributed by atoms with Crippen molar-refractivity contribution in [3.05, 3.63) is 16.1 Å². The molecule has 5 heteroatoms. The summed E-state index contributed by atoms with van der Waals surface area (Å²) in [6.07, 6.45) is 3.39. The van der Waals surface area contributed by atoms with Crippen LogP contribution in [0.5, 0.6) is 0 Å². The van der Waals surface area contributed by atoms with Crippen LogP contribution in [0.25, 0.3) is 6.08 Å². The lowest BCUT2D eigenvalue weighted by molar-refractivity contribution is 0.122. The quantitative estimate of drug-likeness (QED) is 0.876. The van der Waals surface area contributed by atoms with E-state index in [1.807, 2.05) is 0 Å². The molecule has 1 aliphatic rings. The summed E-state index contributed by atoms with van der Waals surface area (Å²) < 4.78 is 5.41. The predicted octanol–water partition coefficient (Wildman–Crippen LogP) is 3.08. The van der Waals surface area contributed by atoms with Crippen LogP contribution in [0.1, 0.15) is 37.8 Å². The van der Waals surface area contributed by atoms with Crippen LogP contribution in [0.2, 0.25) is 0 Å². The van der Waals surface area contributed by atoms with Gasteiger partial charge in [-0.15, -0.1) is 0 Å². The SMILES string of the molecule is CCC(=Cc1sc(N2CCOCC2)nc1C)CNC(C)C. The zero-order valence-corrected chi connectivity index (χ0v) is 14.4. The number of nitrogens with one attached hydrogen (secondary N) is 1. The molecule has 0 radical (unpaired) electrons. The second-order valence-electron chi connectivity index (χ2n) is 5.74. The molecule has 2 heterocycles. The van der Waals surface area contributed by atoms with E-state index in [4.69, 9.17) is 9.72 Å². The third kappa shape index (κ3) is 4.80. The number of aromatic nitrogens is 1. The van der Waals surface area contributed by atoms with Gasteiger partial charge in [-0.25, -0.2) is 4.98 Å². The molecule has 1 N–H and O–H groups in total. The highest BCUT2D eigenvalue weighted by Crippen LogP contribution is 2.28. The summed E-state index contributed by atoms with van der Waals surface area (Å²) in [5, 5.41) is 4.63. The standard InChI is InChI=1S/C16H27N3OS/c1-5-14(11-17-12(2)3)10-15-13(4)18-16(21-15)19-6-8-20-9-7-19/h10,12,17H,5-9,11H2,1-4H3. The second-order valence-corrected chi connectivity index (χ2v) is 6.75. The van der Waals surface area contributed by atoms with Crippen LogP contribution in [0.3, 0.4) is 0 Å². The Hall–Kier alpha value is -0.910. The number of morpholine rings is 1. The van der Waals surface area contributed by atoms with Crippen molar-refractivity contribution in [1.29, 1.82) is 0 Å². The minimum atomic E-state index is 0.520. The molecule has 1 fully saturated rings. The van der Waals surface area contributed by atoms with E-state index >= 15 is 0 Å². The van der Waals surface area contributed by atoms with E-state index in [0.29, 0.717) is 6.04 Å². The first-order valence-electron chi connectivity index (χ1n) is 7.83. The highest BCUT2D eigenvalue weighted by Gasteiger charge is 2.16. The van der Waals surface area contributed by atoms with Gasteiger partial charge in [0.15, 0.2) is 5.13 Å². The molecule has 1 aliphatic heterocycles. The van der Waals surface area contributed by atoms with E-state index < -0.39 is 0 Å². The maximum Gasteiger partial charge on any atom is 0.186 e. The Labute approximate surface area is 132 Å². The molecule has 1 aromatic rings. The molecule has 0 saturated carbocycles. The van der Waals surface area contributed by atoms with Crippen LogP contribution < -0.4 is 10.2 Å². The average Bonchev–Trinajstić information content (AvgIpc) is 2.85. The summed E-state index contributed by atoms with van der Waals surface area (Å²) in [7, 11) is 0. The number of rotatable bonds is 6. The summed E-state index contributed by atoms with van der Waals surface area (Å²) in [4.78, 5) is 8.36. The molecular formula is C16H27N3OS. The lowest BCUT2D eigenvalue weighted by Crippen LogP contribution is -2.36. The van der Waals surface area contributed by atoms with Crippen molar-refractivity contribution in [3.8, 4) is 0 Å².